The molecule has 1 amide bonds. The molecule has 1 atom stereocenters. The lowest BCUT2D eigenvalue weighted by molar-refractivity contribution is -0.131. The summed E-state index contributed by atoms with van der Waals surface area (Å²) in [6.07, 6.45) is 11.1. The first-order valence-corrected chi connectivity index (χ1v) is 9.29. The third kappa shape index (κ3) is 4.12. The van der Waals surface area contributed by atoms with Crippen LogP contribution >= 0.6 is 0 Å². The molecule has 0 bridgehead atoms. The SMILES string of the molecule is CC(C)n1cnnc1C[C@H]1CCN(C(=O)CC2CCCCC2)C1. The van der Waals surface area contributed by atoms with Gasteiger partial charge in [-0.2, -0.15) is 0 Å². The van der Waals surface area contributed by atoms with E-state index >= 15 is 0 Å². The molecule has 1 aliphatic carbocycles. The van der Waals surface area contributed by atoms with E-state index in [4.69, 9.17) is 0 Å². The Kier molecular flexibility index (Phi) is 5.34. The van der Waals surface area contributed by atoms with E-state index in [2.05, 4.69) is 33.5 Å². The normalized spacial score (nSPS) is 22.9. The lowest BCUT2D eigenvalue weighted by atomic mass is 9.87. The maximum atomic E-state index is 12.5. The van der Waals surface area contributed by atoms with E-state index in [1.807, 2.05) is 6.33 Å². The molecule has 2 aliphatic rings. The van der Waals surface area contributed by atoms with Gasteiger partial charge < -0.3 is 9.47 Å². The van der Waals surface area contributed by atoms with Crippen LogP contribution in [0, 0.1) is 11.8 Å². The van der Waals surface area contributed by atoms with Gasteiger partial charge in [0.1, 0.15) is 12.2 Å². The molecule has 1 saturated carbocycles. The molecular formula is C18H30N4O. The molecule has 128 valence electrons. The maximum Gasteiger partial charge on any atom is 0.222 e. The fourth-order valence-electron chi connectivity index (χ4n) is 4.10. The van der Waals surface area contributed by atoms with Gasteiger partial charge in [0.2, 0.25) is 5.91 Å². The Morgan fingerprint density at radius 3 is 2.74 bits per heavy atom. The smallest absolute Gasteiger partial charge is 0.222 e. The van der Waals surface area contributed by atoms with Gasteiger partial charge in [-0.15, -0.1) is 10.2 Å². The Morgan fingerprint density at radius 2 is 2.00 bits per heavy atom. The predicted molar refractivity (Wildman–Crippen MR) is 90.0 cm³/mol. The number of amides is 1. The zero-order valence-corrected chi connectivity index (χ0v) is 14.6. The molecule has 0 spiro atoms. The third-order valence-corrected chi connectivity index (χ3v) is 5.50. The number of carbonyl (C=O) groups excluding carboxylic acids is 1. The van der Waals surface area contributed by atoms with Crippen molar-refractivity contribution in [1.82, 2.24) is 19.7 Å². The lowest BCUT2D eigenvalue weighted by Crippen LogP contribution is -2.31. The first-order chi connectivity index (χ1) is 11.1. The van der Waals surface area contributed by atoms with Crippen LogP contribution in [-0.2, 0) is 11.2 Å². The summed E-state index contributed by atoms with van der Waals surface area (Å²) in [7, 11) is 0. The number of hydrogen-bond acceptors (Lipinski definition) is 3. The number of carbonyl (C=O) groups is 1. The molecule has 1 aliphatic heterocycles. The van der Waals surface area contributed by atoms with Crippen LogP contribution in [0.1, 0.15) is 70.7 Å². The first-order valence-electron chi connectivity index (χ1n) is 9.29. The number of hydrogen-bond donors (Lipinski definition) is 0. The van der Waals surface area contributed by atoms with Gasteiger partial charge in [-0.25, -0.2) is 0 Å². The van der Waals surface area contributed by atoms with Crippen molar-refractivity contribution in [2.24, 2.45) is 11.8 Å². The molecule has 23 heavy (non-hydrogen) atoms. The Balaban J connectivity index is 1.49. The minimum absolute atomic E-state index is 0.379. The quantitative estimate of drug-likeness (QED) is 0.837. The highest BCUT2D eigenvalue weighted by Gasteiger charge is 2.29. The second-order valence-electron chi connectivity index (χ2n) is 7.65. The van der Waals surface area contributed by atoms with E-state index in [1.54, 1.807) is 0 Å². The summed E-state index contributed by atoms with van der Waals surface area (Å²) in [5.74, 6) is 2.61. The highest BCUT2D eigenvalue weighted by atomic mass is 16.2. The van der Waals surface area contributed by atoms with Gasteiger partial charge in [-0.1, -0.05) is 19.3 Å². The maximum absolute atomic E-state index is 12.5. The number of aromatic nitrogens is 3. The van der Waals surface area contributed by atoms with Crippen LogP contribution < -0.4 is 0 Å². The molecule has 5 nitrogen and oxygen atoms in total. The van der Waals surface area contributed by atoms with E-state index in [1.165, 1.54) is 32.1 Å². The van der Waals surface area contributed by atoms with Crippen molar-refractivity contribution < 1.29 is 4.79 Å². The molecule has 3 rings (SSSR count). The number of nitrogens with zero attached hydrogens (tertiary/aromatic N) is 4. The minimum atomic E-state index is 0.379. The van der Waals surface area contributed by atoms with Crippen LogP contribution in [0.25, 0.3) is 0 Å². The van der Waals surface area contributed by atoms with E-state index in [0.29, 0.717) is 23.8 Å². The molecule has 2 fully saturated rings. The summed E-state index contributed by atoms with van der Waals surface area (Å²) >= 11 is 0. The van der Waals surface area contributed by atoms with Gasteiger partial charge in [-0.05, 0) is 44.9 Å². The summed E-state index contributed by atoms with van der Waals surface area (Å²) in [4.78, 5) is 14.6. The van der Waals surface area contributed by atoms with Crippen LogP contribution in [0.4, 0.5) is 0 Å². The lowest BCUT2D eigenvalue weighted by Gasteiger charge is -2.24. The van der Waals surface area contributed by atoms with Crippen LogP contribution in [-0.4, -0.2) is 38.7 Å². The van der Waals surface area contributed by atoms with Gasteiger partial charge in [0.05, 0.1) is 0 Å². The number of rotatable bonds is 5. The van der Waals surface area contributed by atoms with Crippen LogP contribution in [0.2, 0.25) is 0 Å². The average Bonchev–Trinajstić information content (AvgIpc) is 3.18. The largest absolute Gasteiger partial charge is 0.342 e. The van der Waals surface area contributed by atoms with Crippen molar-refractivity contribution in [3.63, 3.8) is 0 Å². The molecule has 2 heterocycles. The summed E-state index contributed by atoms with van der Waals surface area (Å²) in [5, 5.41) is 8.32. The van der Waals surface area contributed by atoms with Crippen molar-refractivity contribution in [3.8, 4) is 0 Å². The molecular weight excluding hydrogens is 288 g/mol. The molecule has 0 aromatic carbocycles. The minimum Gasteiger partial charge on any atom is -0.342 e. The van der Waals surface area contributed by atoms with Gasteiger partial charge >= 0.3 is 0 Å². The molecule has 0 N–H and O–H groups in total. The van der Waals surface area contributed by atoms with Gasteiger partial charge in [0, 0.05) is 32.0 Å². The van der Waals surface area contributed by atoms with Crippen molar-refractivity contribution in [2.45, 2.75) is 71.3 Å². The van der Waals surface area contributed by atoms with E-state index < -0.39 is 0 Å². The Hall–Kier alpha value is -1.39. The fraction of sp³-hybridized carbons (Fsp3) is 0.833. The molecule has 0 unspecified atom stereocenters. The van der Waals surface area contributed by atoms with Crippen molar-refractivity contribution >= 4 is 5.91 Å². The second kappa shape index (κ2) is 7.45. The first kappa shape index (κ1) is 16.5. The zero-order valence-electron chi connectivity index (χ0n) is 14.6. The Labute approximate surface area is 139 Å². The third-order valence-electron chi connectivity index (χ3n) is 5.50. The van der Waals surface area contributed by atoms with E-state index in [-0.39, 0.29) is 0 Å². The summed E-state index contributed by atoms with van der Waals surface area (Å²) < 4.78 is 2.15. The van der Waals surface area contributed by atoms with Crippen molar-refractivity contribution in [2.75, 3.05) is 13.1 Å². The summed E-state index contributed by atoms with van der Waals surface area (Å²) in [5.41, 5.74) is 0. The van der Waals surface area contributed by atoms with Crippen molar-refractivity contribution in [3.05, 3.63) is 12.2 Å². The molecule has 1 aromatic heterocycles. The molecule has 5 heteroatoms. The van der Waals surface area contributed by atoms with Crippen LogP contribution in [0.5, 0.6) is 0 Å². The van der Waals surface area contributed by atoms with E-state index in [9.17, 15) is 4.79 Å². The standard InChI is InChI=1S/C18H30N4O/c1-14(2)22-13-19-20-17(22)10-16-8-9-21(12-16)18(23)11-15-6-4-3-5-7-15/h13-16H,3-12H2,1-2H3/t16-/m1/s1. The molecule has 0 radical (unpaired) electrons. The highest BCUT2D eigenvalue weighted by molar-refractivity contribution is 5.76. The fourth-order valence-corrected chi connectivity index (χ4v) is 4.10. The molecule has 1 saturated heterocycles. The summed E-state index contributed by atoms with van der Waals surface area (Å²) in [6, 6.07) is 0.394. The van der Waals surface area contributed by atoms with Gasteiger partial charge in [0.25, 0.3) is 0 Å². The zero-order chi connectivity index (χ0) is 16.2. The predicted octanol–water partition coefficient (Wildman–Crippen LogP) is 3.22. The van der Waals surface area contributed by atoms with E-state index in [0.717, 1.165) is 38.2 Å². The average molecular weight is 318 g/mol. The topological polar surface area (TPSA) is 51.0 Å². The Morgan fingerprint density at radius 1 is 1.22 bits per heavy atom. The summed E-state index contributed by atoms with van der Waals surface area (Å²) in [6.45, 7) is 6.13. The van der Waals surface area contributed by atoms with Gasteiger partial charge in [-0.3, -0.25) is 4.79 Å². The highest BCUT2D eigenvalue weighted by Crippen LogP contribution is 2.28. The monoisotopic (exact) mass is 318 g/mol. The molecule has 1 aromatic rings. The Bertz CT molecular complexity index is 519. The van der Waals surface area contributed by atoms with Crippen LogP contribution in [0.15, 0.2) is 6.33 Å². The van der Waals surface area contributed by atoms with Crippen LogP contribution in [0.3, 0.4) is 0 Å². The van der Waals surface area contributed by atoms with Gasteiger partial charge in [0.15, 0.2) is 0 Å². The number of likely N-dealkylation sites (tertiary alicyclic amines) is 1. The van der Waals surface area contributed by atoms with Crippen molar-refractivity contribution in [1.29, 1.82) is 0 Å². The second-order valence-corrected chi connectivity index (χ2v) is 7.65.